The van der Waals surface area contributed by atoms with Gasteiger partial charge in [0.2, 0.25) is 0 Å². The molecule has 0 spiro atoms. The quantitative estimate of drug-likeness (QED) is 0.669. The van der Waals surface area contributed by atoms with Crippen LogP contribution in [0.15, 0.2) is 54.6 Å². The first-order valence-corrected chi connectivity index (χ1v) is 10.2. The van der Waals surface area contributed by atoms with Crippen molar-refractivity contribution < 1.29 is 5.11 Å². The second-order valence-electron chi connectivity index (χ2n) is 7.69. The molecule has 1 aliphatic rings. The molecule has 0 amide bonds. The molecule has 4 nitrogen and oxygen atoms in total. The fourth-order valence-corrected chi connectivity index (χ4v) is 4.00. The maximum Gasteiger partial charge on any atom is 0.0942 e. The predicted molar refractivity (Wildman–Crippen MR) is 113 cm³/mol. The lowest BCUT2D eigenvalue weighted by molar-refractivity contribution is 0.0373. The van der Waals surface area contributed by atoms with E-state index < -0.39 is 6.10 Å². The standard InChI is InChI=1S/C23H33N3O/c1-18(23(27)21-7-9-22(10-8-21)25-14-13-24)26-15-11-20(12-16-26)17-19-5-3-2-4-6-19/h2-10,18,20,23,25,27H,11-17,24H2,1H3/t18-,23+/m1/s1. The van der Waals surface area contributed by atoms with Gasteiger partial charge in [-0.15, -0.1) is 0 Å². The molecule has 2 aromatic carbocycles. The first kappa shape index (κ1) is 19.9. The first-order chi connectivity index (χ1) is 13.2. The predicted octanol–water partition coefficient (Wildman–Crippen LogP) is 3.43. The van der Waals surface area contributed by atoms with Crippen molar-refractivity contribution in [2.45, 2.75) is 38.3 Å². The molecular formula is C23H33N3O. The number of hydrogen-bond donors (Lipinski definition) is 3. The summed E-state index contributed by atoms with van der Waals surface area (Å²) in [6.07, 6.45) is 3.12. The highest BCUT2D eigenvalue weighted by Gasteiger charge is 2.27. The molecule has 0 aromatic heterocycles. The zero-order chi connectivity index (χ0) is 19.1. The third-order valence-electron chi connectivity index (χ3n) is 5.77. The van der Waals surface area contributed by atoms with Gasteiger partial charge in [-0.2, -0.15) is 0 Å². The molecule has 0 radical (unpaired) electrons. The lowest BCUT2D eigenvalue weighted by atomic mass is 9.89. The molecule has 3 rings (SSSR count). The van der Waals surface area contributed by atoms with Crippen molar-refractivity contribution in [2.75, 3.05) is 31.5 Å². The van der Waals surface area contributed by atoms with E-state index in [2.05, 4.69) is 47.5 Å². The number of likely N-dealkylation sites (tertiary alicyclic amines) is 1. The summed E-state index contributed by atoms with van der Waals surface area (Å²) >= 11 is 0. The summed E-state index contributed by atoms with van der Waals surface area (Å²) in [5.74, 6) is 0.751. The number of aliphatic hydroxyl groups is 1. The molecule has 0 saturated carbocycles. The van der Waals surface area contributed by atoms with Gasteiger partial charge >= 0.3 is 0 Å². The number of aliphatic hydroxyl groups excluding tert-OH is 1. The summed E-state index contributed by atoms with van der Waals surface area (Å²) in [6, 6.07) is 19.0. The molecule has 0 aliphatic carbocycles. The minimum absolute atomic E-state index is 0.130. The van der Waals surface area contributed by atoms with Crippen LogP contribution in [0.2, 0.25) is 0 Å². The Labute approximate surface area is 163 Å². The van der Waals surface area contributed by atoms with Crippen LogP contribution in [0.25, 0.3) is 0 Å². The first-order valence-electron chi connectivity index (χ1n) is 10.2. The second-order valence-corrected chi connectivity index (χ2v) is 7.69. The van der Waals surface area contributed by atoms with E-state index in [4.69, 9.17) is 5.73 Å². The number of nitrogens with zero attached hydrogens (tertiary/aromatic N) is 1. The Morgan fingerprint density at radius 1 is 1.07 bits per heavy atom. The molecule has 27 heavy (non-hydrogen) atoms. The van der Waals surface area contributed by atoms with Crippen LogP contribution in [0.5, 0.6) is 0 Å². The van der Waals surface area contributed by atoms with Crippen molar-refractivity contribution in [1.82, 2.24) is 4.90 Å². The molecule has 1 fully saturated rings. The van der Waals surface area contributed by atoms with Crippen LogP contribution < -0.4 is 11.1 Å². The number of piperidine rings is 1. The Morgan fingerprint density at radius 2 is 1.74 bits per heavy atom. The molecule has 1 heterocycles. The van der Waals surface area contributed by atoms with Crippen LogP contribution in [0.4, 0.5) is 5.69 Å². The number of benzene rings is 2. The van der Waals surface area contributed by atoms with E-state index >= 15 is 0 Å². The highest BCUT2D eigenvalue weighted by atomic mass is 16.3. The number of nitrogens with one attached hydrogen (secondary N) is 1. The Bertz CT molecular complexity index is 666. The Kier molecular flexibility index (Phi) is 7.27. The van der Waals surface area contributed by atoms with E-state index in [1.165, 1.54) is 24.8 Å². The van der Waals surface area contributed by atoms with Gasteiger partial charge < -0.3 is 16.2 Å². The third kappa shape index (κ3) is 5.55. The van der Waals surface area contributed by atoms with Crippen LogP contribution in [0.1, 0.15) is 37.0 Å². The van der Waals surface area contributed by atoms with Crippen molar-refractivity contribution in [2.24, 2.45) is 11.7 Å². The fourth-order valence-electron chi connectivity index (χ4n) is 4.00. The molecule has 1 aliphatic heterocycles. The number of nitrogens with two attached hydrogens (primary N) is 1. The number of hydrogen-bond acceptors (Lipinski definition) is 4. The van der Waals surface area contributed by atoms with Crippen molar-refractivity contribution in [3.63, 3.8) is 0 Å². The minimum Gasteiger partial charge on any atom is -0.387 e. The smallest absolute Gasteiger partial charge is 0.0942 e. The summed E-state index contributed by atoms with van der Waals surface area (Å²) in [5.41, 5.74) is 8.98. The molecule has 4 N–H and O–H groups in total. The monoisotopic (exact) mass is 367 g/mol. The normalized spacial score (nSPS) is 18.2. The maximum atomic E-state index is 10.8. The average Bonchev–Trinajstić information content (AvgIpc) is 2.73. The molecule has 4 heteroatoms. The average molecular weight is 368 g/mol. The molecule has 146 valence electrons. The third-order valence-corrected chi connectivity index (χ3v) is 5.77. The Hall–Kier alpha value is -1.88. The van der Waals surface area contributed by atoms with Gasteiger partial charge in [0.15, 0.2) is 0 Å². The summed E-state index contributed by atoms with van der Waals surface area (Å²) in [6.45, 7) is 5.64. The summed E-state index contributed by atoms with van der Waals surface area (Å²) in [5, 5.41) is 14.1. The van der Waals surface area contributed by atoms with Gasteiger partial charge in [-0.25, -0.2) is 0 Å². The molecule has 0 unspecified atom stereocenters. The Morgan fingerprint density at radius 3 is 2.37 bits per heavy atom. The minimum atomic E-state index is -0.459. The molecule has 2 atom stereocenters. The lowest BCUT2D eigenvalue weighted by Crippen LogP contribution is -2.43. The Balaban J connectivity index is 1.50. The van der Waals surface area contributed by atoms with Crippen molar-refractivity contribution >= 4 is 5.69 Å². The summed E-state index contributed by atoms with van der Waals surface area (Å²) < 4.78 is 0. The van der Waals surface area contributed by atoms with Crippen LogP contribution >= 0.6 is 0 Å². The topological polar surface area (TPSA) is 61.5 Å². The van der Waals surface area contributed by atoms with Crippen molar-refractivity contribution in [3.05, 3.63) is 65.7 Å². The van der Waals surface area contributed by atoms with E-state index in [1.807, 2.05) is 24.3 Å². The largest absolute Gasteiger partial charge is 0.387 e. The molecule has 1 saturated heterocycles. The van der Waals surface area contributed by atoms with Gasteiger partial charge in [-0.05, 0) is 68.5 Å². The number of anilines is 1. The van der Waals surface area contributed by atoms with Gasteiger partial charge in [0.1, 0.15) is 0 Å². The summed E-state index contributed by atoms with van der Waals surface area (Å²) in [4.78, 5) is 2.44. The van der Waals surface area contributed by atoms with Gasteiger partial charge in [0.25, 0.3) is 0 Å². The molecular weight excluding hydrogens is 334 g/mol. The molecule has 2 aromatic rings. The van der Waals surface area contributed by atoms with Crippen LogP contribution in [0.3, 0.4) is 0 Å². The fraction of sp³-hybridized carbons (Fsp3) is 0.478. The van der Waals surface area contributed by atoms with Crippen LogP contribution in [-0.4, -0.2) is 42.2 Å². The van der Waals surface area contributed by atoms with Gasteiger partial charge in [0, 0.05) is 24.8 Å². The van der Waals surface area contributed by atoms with E-state index in [0.29, 0.717) is 6.54 Å². The SMILES string of the molecule is C[C@H]([C@H](O)c1ccc(NCCN)cc1)N1CCC(Cc2ccccc2)CC1. The van der Waals surface area contributed by atoms with Crippen molar-refractivity contribution in [3.8, 4) is 0 Å². The maximum absolute atomic E-state index is 10.8. The van der Waals surface area contributed by atoms with Gasteiger partial charge in [-0.1, -0.05) is 42.5 Å². The van der Waals surface area contributed by atoms with E-state index in [9.17, 15) is 5.11 Å². The highest BCUT2D eigenvalue weighted by molar-refractivity contribution is 5.45. The highest BCUT2D eigenvalue weighted by Crippen LogP contribution is 2.28. The van der Waals surface area contributed by atoms with Crippen molar-refractivity contribution in [1.29, 1.82) is 0 Å². The van der Waals surface area contributed by atoms with E-state index in [1.54, 1.807) is 0 Å². The zero-order valence-corrected chi connectivity index (χ0v) is 16.3. The van der Waals surface area contributed by atoms with E-state index in [-0.39, 0.29) is 6.04 Å². The van der Waals surface area contributed by atoms with Gasteiger partial charge in [0.05, 0.1) is 6.10 Å². The zero-order valence-electron chi connectivity index (χ0n) is 16.3. The number of rotatable bonds is 8. The second kappa shape index (κ2) is 9.88. The van der Waals surface area contributed by atoms with Gasteiger partial charge in [-0.3, -0.25) is 4.90 Å². The summed E-state index contributed by atoms with van der Waals surface area (Å²) in [7, 11) is 0. The van der Waals surface area contributed by atoms with E-state index in [0.717, 1.165) is 36.8 Å². The van der Waals surface area contributed by atoms with Crippen LogP contribution in [0, 0.1) is 5.92 Å². The lowest BCUT2D eigenvalue weighted by Gasteiger charge is -2.38. The van der Waals surface area contributed by atoms with Crippen LogP contribution in [-0.2, 0) is 6.42 Å². The molecule has 0 bridgehead atoms.